The van der Waals surface area contributed by atoms with Gasteiger partial charge in [0, 0.05) is 32.2 Å². The zero-order valence-electron chi connectivity index (χ0n) is 14.9. The molecule has 4 nitrogen and oxygen atoms in total. The molecule has 1 aromatic rings. The predicted molar refractivity (Wildman–Crippen MR) is 98.1 cm³/mol. The summed E-state index contributed by atoms with van der Waals surface area (Å²) in [5.41, 5.74) is 1.97. The van der Waals surface area contributed by atoms with Crippen molar-refractivity contribution in [1.82, 2.24) is 15.1 Å². The van der Waals surface area contributed by atoms with Crippen molar-refractivity contribution in [2.45, 2.75) is 44.7 Å². The molecular formula is C20H29N3O. The maximum Gasteiger partial charge on any atom is 0.318 e. The van der Waals surface area contributed by atoms with E-state index < -0.39 is 5.54 Å². The van der Waals surface area contributed by atoms with Crippen LogP contribution in [0.4, 0.5) is 4.79 Å². The van der Waals surface area contributed by atoms with Crippen LogP contribution in [0.1, 0.15) is 37.8 Å². The number of rotatable bonds is 4. The Morgan fingerprint density at radius 2 is 2.04 bits per heavy atom. The Balaban J connectivity index is 1.72. The van der Waals surface area contributed by atoms with Crippen LogP contribution in [0, 0.1) is 0 Å². The fourth-order valence-electron chi connectivity index (χ4n) is 3.82. The second-order valence-electron chi connectivity index (χ2n) is 7.51. The largest absolute Gasteiger partial charge is 0.329 e. The minimum Gasteiger partial charge on any atom is -0.329 e. The molecule has 4 heteroatoms. The highest BCUT2D eigenvalue weighted by atomic mass is 16.2. The molecule has 2 bridgehead atoms. The summed E-state index contributed by atoms with van der Waals surface area (Å²) < 4.78 is 0. The highest BCUT2D eigenvalue weighted by Crippen LogP contribution is 2.25. The van der Waals surface area contributed by atoms with E-state index in [9.17, 15) is 4.79 Å². The second-order valence-corrected chi connectivity index (χ2v) is 7.51. The van der Waals surface area contributed by atoms with Gasteiger partial charge >= 0.3 is 6.03 Å². The van der Waals surface area contributed by atoms with Gasteiger partial charge in [0.25, 0.3) is 0 Å². The third-order valence-corrected chi connectivity index (χ3v) is 5.36. The average Bonchev–Trinajstić information content (AvgIpc) is 2.89. The fourth-order valence-corrected chi connectivity index (χ4v) is 3.82. The first-order chi connectivity index (χ1) is 11.5. The van der Waals surface area contributed by atoms with Gasteiger partial charge < -0.3 is 15.1 Å². The summed E-state index contributed by atoms with van der Waals surface area (Å²) in [5.74, 6) is 0. The minimum absolute atomic E-state index is 0.0721. The van der Waals surface area contributed by atoms with E-state index >= 15 is 0 Å². The number of hydrogen-bond donors (Lipinski definition) is 1. The summed E-state index contributed by atoms with van der Waals surface area (Å²) in [6.07, 6.45) is 4.96. The van der Waals surface area contributed by atoms with Gasteiger partial charge in [-0.15, -0.1) is 6.58 Å². The lowest BCUT2D eigenvalue weighted by atomic mass is 9.92. The minimum atomic E-state index is -0.390. The zero-order chi connectivity index (χ0) is 17.2. The molecule has 0 aliphatic carbocycles. The SMILES string of the molecule is C=CCc1cccc(C(C)(C)NC(=O)N2CCN3CCC2CC3)c1. The number of nitrogens with one attached hydrogen (secondary N) is 1. The molecule has 1 N–H and O–H groups in total. The maximum atomic E-state index is 12.9. The molecule has 24 heavy (non-hydrogen) atoms. The van der Waals surface area contributed by atoms with Gasteiger partial charge in [0.15, 0.2) is 0 Å². The standard InChI is InChI=1S/C20H29N3O/c1-4-6-16-7-5-8-17(15-16)20(2,3)21-19(24)23-14-13-22-11-9-18(23)10-12-22/h4-5,7-8,15,18H,1,6,9-14H2,2-3H3,(H,21,24). The molecule has 4 rings (SSSR count). The third-order valence-electron chi connectivity index (χ3n) is 5.36. The van der Waals surface area contributed by atoms with Crippen LogP contribution in [0.3, 0.4) is 0 Å². The van der Waals surface area contributed by atoms with Crippen molar-refractivity contribution in [3.8, 4) is 0 Å². The number of amides is 2. The van der Waals surface area contributed by atoms with Crippen LogP contribution < -0.4 is 5.32 Å². The monoisotopic (exact) mass is 327 g/mol. The van der Waals surface area contributed by atoms with E-state index in [-0.39, 0.29) is 6.03 Å². The van der Waals surface area contributed by atoms with Crippen LogP contribution in [0.25, 0.3) is 0 Å². The predicted octanol–water partition coefficient (Wildman–Crippen LogP) is 3.14. The molecular weight excluding hydrogens is 298 g/mol. The Hall–Kier alpha value is -1.81. The zero-order valence-corrected chi connectivity index (χ0v) is 14.9. The highest BCUT2D eigenvalue weighted by Gasteiger charge is 2.34. The van der Waals surface area contributed by atoms with Crippen molar-refractivity contribution in [2.24, 2.45) is 0 Å². The van der Waals surface area contributed by atoms with Crippen LogP contribution in [0.2, 0.25) is 0 Å². The Labute approximate surface area is 145 Å². The van der Waals surface area contributed by atoms with Gasteiger partial charge in [-0.3, -0.25) is 0 Å². The van der Waals surface area contributed by atoms with Crippen LogP contribution in [0.5, 0.6) is 0 Å². The summed E-state index contributed by atoms with van der Waals surface area (Å²) in [4.78, 5) is 17.4. The number of urea groups is 1. The first-order valence-electron chi connectivity index (χ1n) is 9.01. The molecule has 0 aromatic heterocycles. The Morgan fingerprint density at radius 1 is 1.29 bits per heavy atom. The molecule has 2 amide bonds. The molecule has 3 aliphatic rings. The molecule has 3 aliphatic heterocycles. The smallest absolute Gasteiger partial charge is 0.318 e. The topological polar surface area (TPSA) is 35.6 Å². The second kappa shape index (κ2) is 6.98. The maximum absolute atomic E-state index is 12.9. The highest BCUT2D eigenvalue weighted by molar-refractivity contribution is 5.75. The average molecular weight is 327 g/mol. The van der Waals surface area contributed by atoms with E-state index in [1.165, 1.54) is 5.56 Å². The van der Waals surface area contributed by atoms with E-state index in [0.29, 0.717) is 6.04 Å². The summed E-state index contributed by atoms with van der Waals surface area (Å²) in [6, 6.07) is 8.89. The van der Waals surface area contributed by atoms with Crippen molar-refractivity contribution in [3.05, 3.63) is 48.0 Å². The molecule has 3 saturated heterocycles. The van der Waals surface area contributed by atoms with Crippen LogP contribution >= 0.6 is 0 Å². The molecule has 0 radical (unpaired) electrons. The molecule has 0 unspecified atom stereocenters. The van der Waals surface area contributed by atoms with Crippen molar-refractivity contribution < 1.29 is 4.79 Å². The molecule has 0 spiro atoms. The first-order valence-corrected chi connectivity index (χ1v) is 9.01. The van der Waals surface area contributed by atoms with Gasteiger partial charge in [-0.2, -0.15) is 0 Å². The lowest BCUT2D eigenvalue weighted by Gasteiger charge is -2.35. The number of allylic oxidation sites excluding steroid dienone is 1. The number of benzene rings is 1. The first kappa shape index (κ1) is 17.0. The molecule has 130 valence electrons. The Bertz CT molecular complexity index is 603. The molecule has 0 saturated carbocycles. The Morgan fingerprint density at radius 3 is 2.75 bits per heavy atom. The van der Waals surface area contributed by atoms with E-state index in [1.54, 1.807) is 0 Å². The number of carbonyl (C=O) groups excluding carboxylic acids is 1. The van der Waals surface area contributed by atoms with Gasteiger partial charge in [0.1, 0.15) is 0 Å². The van der Waals surface area contributed by atoms with Gasteiger partial charge in [-0.05, 0) is 44.2 Å². The van der Waals surface area contributed by atoms with E-state index in [1.807, 2.05) is 6.08 Å². The summed E-state index contributed by atoms with van der Waals surface area (Å²) in [7, 11) is 0. The van der Waals surface area contributed by atoms with Crippen molar-refractivity contribution >= 4 is 6.03 Å². The summed E-state index contributed by atoms with van der Waals surface area (Å²) in [6.45, 7) is 12.1. The van der Waals surface area contributed by atoms with E-state index in [4.69, 9.17) is 0 Å². The lowest BCUT2D eigenvalue weighted by Crippen LogP contribution is -2.52. The molecule has 0 atom stereocenters. The third kappa shape index (κ3) is 3.64. The van der Waals surface area contributed by atoms with Gasteiger partial charge in [0.05, 0.1) is 5.54 Å². The molecule has 3 fully saturated rings. The van der Waals surface area contributed by atoms with Crippen LogP contribution in [-0.4, -0.2) is 48.1 Å². The number of carbonyl (C=O) groups is 1. The number of hydrogen-bond acceptors (Lipinski definition) is 2. The van der Waals surface area contributed by atoms with Crippen molar-refractivity contribution in [2.75, 3.05) is 26.2 Å². The number of fused-ring (bicyclic) bond motifs is 4. The van der Waals surface area contributed by atoms with Crippen molar-refractivity contribution in [3.63, 3.8) is 0 Å². The van der Waals surface area contributed by atoms with Crippen LogP contribution in [-0.2, 0) is 12.0 Å². The fraction of sp³-hybridized carbons (Fsp3) is 0.550. The lowest BCUT2D eigenvalue weighted by molar-refractivity contribution is 0.161. The molecule has 1 aromatic carbocycles. The quantitative estimate of drug-likeness (QED) is 0.863. The normalized spacial score (nSPS) is 23.7. The van der Waals surface area contributed by atoms with E-state index in [2.05, 4.69) is 59.8 Å². The Kier molecular flexibility index (Phi) is 4.95. The number of piperidine rings is 1. The summed E-state index contributed by atoms with van der Waals surface area (Å²) in [5, 5.41) is 3.26. The summed E-state index contributed by atoms with van der Waals surface area (Å²) >= 11 is 0. The van der Waals surface area contributed by atoms with Crippen LogP contribution in [0.15, 0.2) is 36.9 Å². The van der Waals surface area contributed by atoms with E-state index in [0.717, 1.165) is 51.0 Å². The van der Waals surface area contributed by atoms with Gasteiger partial charge in [-0.25, -0.2) is 4.79 Å². The number of nitrogens with zero attached hydrogens (tertiary/aromatic N) is 2. The van der Waals surface area contributed by atoms with Gasteiger partial charge in [-0.1, -0.05) is 30.3 Å². The van der Waals surface area contributed by atoms with Gasteiger partial charge in [0.2, 0.25) is 0 Å². The molecule has 3 heterocycles. The van der Waals surface area contributed by atoms with Crippen molar-refractivity contribution in [1.29, 1.82) is 0 Å².